The Hall–Kier alpha value is -1.07. The normalized spacial score (nSPS) is 22.5. The number of unbranched alkanes of at least 4 members (excludes halogenated alkanes) is 23. The second-order valence-electron chi connectivity index (χ2n) is 14.4. The largest absolute Gasteiger partial charge is 0.394 e. The molecule has 1 saturated heterocycles. The second kappa shape index (κ2) is 31.6. The smallest absolute Gasteiger partial charge is 0.220 e. The molecule has 0 aromatic heterocycles. The van der Waals surface area contributed by atoms with Crippen LogP contribution in [-0.2, 0) is 14.3 Å². The van der Waals surface area contributed by atoms with Gasteiger partial charge in [-0.3, -0.25) is 4.79 Å². The third-order valence-electron chi connectivity index (χ3n) is 9.86. The van der Waals surface area contributed by atoms with Crippen molar-refractivity contribution in [3.63, 3.8) is 0 Å². The van der Waals surface area contributed by atoms with Crippen LogP contribution in [0.3, 0.4) is 0 Å². The number of ether oxygens (including phenoxy) is 2. The minimum absolute atomic E-state index is 0.178. The fourth-order valence-corrected chi connectivity index (χ4v) is 6.51. The third-order valence-corrected chi connectivity index (χ3v) is 9.86. The first-order valence-electron chi connectivity index (χ1n) is 20.4. The number of aliphatic hydroxyl groups is 5. The molecule has 49 heavy (non-hydrogen) atoms. The maximum atomic E-state index is 12.9. The van der Waals surface area contributed by atoms with E-state index in [1.165, 1.54) is 122 Å². The number of hydrogen-bond acceptors (Lipinski definition) is 8. The molecule has 9 heteroatoms. The van der Waals surface area contributed by atoms with Gasteiger partial charge in [-0.2, -0.15) is 0 Å². The predicted octanol–water partition coefficient (Wildman–Crippen LogP) is 7.39. The van der Waals surface area contributed by atoms with Crippen molar-refractivity contribution in [2.24, 2.45) is 0 Å². The molecule has 0 bridgehead atoms. The molecule has 0 unspecified atom stereocenters. The molecule has 7 atom stereocenters. The Morgan fingerprint density at radius 2 is 1.12 bits per heavy atom. The van der Waals surface area contributed by atoms with Crippen molar-refractivity contribution in [3.8, 4) is 0 Å². The number of allylic oxidation sites excluding steroid dienone is 1. The zero-order valence-electron chi connectivity index (χ0n) is 31.5. The van der Waals surface area contributed by atoms with Crippen LogP contribution in [0.4, 0.5) is 0 Å². The standard InChI is InChI=1S/C40H77NO8/c1-3-5-7-9-11-13-15-17-19-21-23-25-27-29-34(43)33(32-48-40-39(47)38(46)37(45)35(31-42)49-40)41-36(44)30-28-26-24-22-20-18-16-14-12-10-8-6-4-2/h27,29,33-35,37-40,42-43,45-47H,3-26,28,30-32H2,1-2H3,(H,41,44)/b29-27+/t33-,34+,35-,37-,38+,39-,40-/m1/s1. The maximum absolute atomic E-state index is 12.9. The molecule has 0 aromatic carbocycles. The van der Waals surface area contributed by atoms with E-state index in [1.54, 1.807) is 6.08 Å². The molecule has 290 valence electrons. The molecule has 9 nitrogen and oxygen atoms in total. The molecule has 6 N–H and O–H groups in total. The summed E-state index contributed by atoms with van der Waals surface area (Å²) in [5.74, 6) is -0.178. The van der Waals surface area contributed by atoms with Gasteiger partial charge in [-0.1, -0.05) is 167 Å². The van der Waals surface area contributed by atoms with Gasteiger partial charge in [0.1, 0.15) is 24.4 Å². The van der Waals surface area contributed by atoms with Crippen molar-refractivity contribution in [1.29, 1.82) is 0 Å². The van der Waals surface area contributed by atoms with E-state index in [2.05, 4.69) is 19.2 Å². The van der Waals surface area contributed by atoms with E-state index >= 15 is 0 Å². The number of aliphatic hydroxyl groups excluding tert-OH is 5. The van der Waals surface area contributed by atoms with Crippen molar-refractivity contribution >= 4 is 5.91 Å². The van der Waals surface area contributed by atoms with Gasteiger partial charge >= 0.3 is 0 Å². The highest BCUT2D eigenvalue weighted by Crippen LogP contribution is 2.22. The Labute approximate surface area is 299 Å². The predicted molar refractivity (Wildman–Crippen MR) is 198 cm³/mol. The molecule has 1 aliphatic rings. The van der Waals surface area contributed by atoms with Gasteiger partial charge in [-0.25, -0.2) is 0 Å². The van der Waals surface area contributed by atoms with E-state index < -0.39 is 49.5 Å². The Kier molecular flexibility index (Phi) is 29.7. The molecule has 0 radical (unpaired) electrons. The number of carbonyl (C=O) groups is 1. The van der Waals surface area contributed by atoms with E-state index in [0.717, 1.165) is 38.5 Å². The van der Waals surface area contributed by atoms with Gasteiger partial charge in [0.25, 0.3) is 0 Å². The number of nitrogens with one attached hydrogen (secondary N) is 1. The van der Waals surface area contributed by atoms with Gasteiger partial charge in [0.2, 0.25) is 5.91 Å². The van der Waals surface area contributed by atoms with Crippen molar-refractivity contribution in [2.45, 2.75) is 224 Å². The van der Waals surface area contributed by atoms with Crippen LogP contribution in [-0.4, -0.2) is 87.5 Å². The molecule has 0 aliphatic carbocycles. The molecule has 0 spiro atoms. The van der Waals surface area contributed by atoms with Gasteiger partial charge in [0, 0.05) is 6.42 Å². The zero-order valence-corrected chi connectivity index (χ0v) is 31.5. The van der Waals surface area contributed by atoms with Gasteiger partial charge in [-0.05, 0) is 19.3 Å². The monoisotopic (exact) mass is 700 g/mol. The number of carbonyl (C=O) groups excluding carboxylic acids is 1. The molecule has 0 aromatic rings. The van der Waals surface area contributed by atoms with Crippen LogP contribution in [0.1, 0.15) is 181 Å². The minimum Gasteiger partial charge on any atom is -0.394 e. The van der Waals surface area contributed by atoms with Crippen molar-refractivity contribution < 1.29 is 39.8 Å². The van der Waals surface area contributed by atoms with Crippen molar-refractivity contribution in [3.05, 3.63) is 12.2 Å². The second-order valence-corrected chi connectivity index (χ2v) is 14.4. The van der Waals surface area contributed by atoms with Crippen LogP contribution < -0.4 is 5.32 Å². The van der Waals surface area contributed by atoms with Crippen LogP contribution >= 0.6 is 0 Å². The summed E-state index contributed by atoms with van der Waals surface area (Å²) >= 11 is 0. The lowest BCUT2D eigenvalue weighted by Gasteiger charge is -2.40. The van der Waals surface area contributed by atoms with Crippen LogP contribution in [0.25, 0.3) is 0 Å². The molecular formula is C40H77NO8. The third kappa shape index (κ3) is 23.2. The highest BCUT2D eigenvalue weighted by molar-refractivity contribution is 5.76. The SMILES string of the molecule is CCCCCCCCCCCCC/C=C/[C@H](O)[C@@H](CO[C@@H]1O[C@H](CO)[C@@H](O)[C@H](O)[C@H]1O)NC(=O)CCCCCCCCCCCCCCC. The summed E-state index contributed by atoms with van der Waals surface area (Å²) in [6.07, 6.45) is 26.7. The van der Waals surface area contributed by atoms with Crippen molar-refractivity contribution in [2.75, 3.05) is 13.2 Å². The first kappa shape index (κ1) is 46.0. The van der Waals surface area contributed by atoms with Gasteiger partial charge in [0.05, 0.1) is 25.4 Å². The minimum atomic E-state index is -1.56. The highest BCUT2D eigenvalue weighted by atomic mass is 16.7. The molecular weight excluding hydrogens is 622 g/mol. The molecule has 1 aliphatic heterocycles. The fraction of sp³-hybridized carbons (Fsp3) is 0.925. The Balaban J connectivity index is 2.43. The summed E-state index contributed by atoms with van der Waals surface area (Å²) in [5, 5.41) is 53.9. The summed E-state index contributed by atoms with van der Waals surface area (Å²) in [7, 11) is 0. The van der Waals surface area contributed by atoms with E-state index in [1.807, 2.05) is 6.08 Å². The maximum Gasteiger partial charge on any atom is 0.220 e. The first-order valence-corrected chi connectivity index (χ1v) is 20.4. The van der Waals surface area contributed by atoms with Crippen LogP contribution in [0.2, 0.25) is 0 Å². The van der Waals surface area contributed by atoms with E-state index in [4.69, 9.17) is 9.47 Å². The van der Waals surface area contributed by atoms with E-state index in [0.29, 0.717) is 6.42 Å². The van der Waals surface area contributed by atoms with Gasteiger partial charge in [0.15, 0.2) is 6.29 Å². The molecule has 1 rings (SSSR count). The highest BCUT2D eigenvalue weighted by Gasteiger charge is 2.44. The van der Waals surface area contributed by atoms with Crippen LogP contribution in [0.5, 0.6) is 0 Å². The molecule has 1 fully saturated rings. The van der Waals surface area contributed by atoms with E-state index in [9.17, 15) is 30.3 Å². The zero-order chi connectivity index (χ0) is 36.0. The summed E-state index contributed by atoms with van der Waals surface area (Å²) in [5.41, 5.74) is 0. The Morgan fingerprint density at radius 1 is 0.673 bits per heavy atom. The number of amides is 1. The average molecular weight is 700 g/mol. The fourth-order valence-electron chi connectivity index (χ4n) is 6.51. The summed E-state index contributed by atoms with van der Waals surface area (Å²) in [4.78, 5) is 12.9. The van der Waals surface area contributed by atoms with Crippen LogP contribution in [0.15, 0.2) is 12.2 Å². The number of rotatable bonds is 33. The summed E-state index contributed by atoms with van der Waals surface area (Å²) < 4.78 is 11.2. The van der Waals surface area contributed by atoms with Gasteiger partial charge < -0.3 is 40.3 Å². The number of hydrogen-bond donors (Lipinski definition) is 6. The summed E-state index contributed by atoms with van der Waals surface area (Å²) in [6, 6.07) is -0.796. The van der Waals surface area contributed by atoms with E-state index in [-0.39, 0.29) is 12.5 Å². The molecule has 1 heterocycles. The molecule has 1 amide bonds. The summed E-state index contributed by atoms with van der Waals surface area (Å²) in [6.45, 7) is 3.75. The Morgan fingerprint density at radius 3 is 1.59 bits per heavy atom. The lowest BCUT2D eigenvalue weighted by Crippen LogP contribution is -2.60. The van der Waals surface area contributed by atoms with Crippen molar-refractivity contribution in [1.82, 2.24) is 5.32 Å². The lowest BCUT2D eigenvalue weighted by atomic mass is 9.99. The quantitative estimate of drug-likeness (QED) is 0.0307. The van der Waals surface area contributed by atoms with Crippen LogP contribution in [0, 0.1) is 0 Å². The molecule has 0 saturated carbocycles. The lowest BCUT2D eigenvalue weighted by molar-refractivity contribution is -0.302. The topological polar surface area (TPSA) is 149 Å². The average Bonchev–Trinajstić information content (AvgIpc) is 3.10. The first-order chi connectivity index (χ1) is 23.8. The Bertz CT molecular complexity index is 781. The van der Waals surface area contributed by atoms with Gasteiger partial charge in [-0.15, -0.1) is 0 Å².